The van der Waals surface area contributed by atoms with E-state index in [0.717, 1.165) is 31.1 Å². The number of rotatable bonds is 6. The van der Waals surface area contributed by atoms with Gasteiger partial charge in [0, 0.05) is 37.7 Å². The molecule has 0 bridgehead atoms. The predicted molar refractivity (Wildman–Crippen MR) is 82.7 cm³/mol. The minimum absolute atomic E-state index is 0.857. The van der Waals surface area contributed by atoms with Crippen molar-refractivity contribution in [2.24, 2.45) is 0 Å². The molecule has 4 nitrogen and oxygen atoms in total. The molecule has 2 aromatic heterocycles. The average Bonchev–Trinajstić information content (AvgIpc) is 2.48. The topological polar surface area (TPSA) is 41.1 Å². The zero-order valence-corrected chi connectivity index (χ0v) is 12.4. The lowest BCUT2D eigenvalue weighted by Crippen LogP contribution is -2.23. The van der Waals surface area contributed by atoms with Crippen molar-refractivity contribution < 1.29 is 0 Å². The third-order valence-corrected chi connectivity index (χ3v) is 3.38. The second kappa shape index (κ2) is 7.01. The number of anilines is 1. The second-order valence-electron chi connectivity index (χ2n) is 4.81. The predicted octanol–water partition coefficient (Wildman–Crippen LogP) is 2.53. The van der Waals surface area contributed by atoms with Gasteiger partial charge in [-0.05, 0) is 50.2 Å². The Labute approximate surface area is 120 Å². The molecule has 2 aromatic rings. The van der Waals surface area contributed by atoms with Gasteiger partial charge in [-0.3, -0.25) is 4.98 Å². The maximum absolute atomic E-state index is 4.73. The van der Waals surface area contributed by atoms with E-state index in [1.807, 2.05) is 31.6 Å². The van der Waals surface area contributed by atoms with Crippen LogP contribution >= 0.6 is 0 Å². The molecule has 0 aliphatic rings. The quantitative estimate of drug-likeness (QED) is 0.876. The summed E-state index contributed by atoms with van der Waals surface area (Å²) in [5, 5.41) is 3.17. The normalized spacial score (nSPS) is 10.6. The van der Waals surface area contributed by atoms with Gasteiger partial charge in [0.05, 0.1) is 0 Å². The number of hydrogen-bond donors (Lipinski definition) is 1. The fraction of sp³-hybridized carbons (Fsp3) is 0.375. The van der Waals surface area contributed by atoms with Crippen LogP contribution in [0, 0.1) is 6.92 Å². The van der Waals surface area contributed by atoms with Crippen LogP contribution in [-0.4, -0.2) is 23.6 Å². The Bertz CT molecular complexity index is 539. The Hall–Kier alpha value is -1.94. The van der Waals surface area contributed by atoms with Crippen molar-refractivity contribution in [2.45, 2.75) is 26.9 Å². The van der Waals surface area contributed by atoms with E-state index in [9.17, 15) is 0 Å². The molecule has 2 heterocycles. The molecule has 0 aliphatic heterocycles. The van der Waals surface area contributed by atoms with Gasteiger partial charge in [-0.1, -0.05) is 6.07 Å². The Kier molecular flexibility index (Phi) is 5.07. The fourth-order valence-electron chi connectivity index (χ4n) is 2.19. The third kappa shape index (κ3) is 3.54. The van der Waals surface area contributed by atoms with E-state index >= 15 is 0 Å². The zero-order chi connectivity index (χ0) is 14.4. The van der Waals surface area contributed by atoms with E-state index in [0.29, 0.717) is 0 Å². The van der Waals surface area contributed by atoms with Crippen molar-refractivity contribution in [1.29, 1.82) is 0 Å². The first-order chi connectivity index (χ1) is 9.74. The second-order valence-corrected chi connectivity index (χ2v) is 4.81. The monoisotopic (exact) mass is 270 g/mol. The van der Waals surface area contributed by atoms with Crippen molar-refractivity contribution in [3.8, 4) is 0 Å². The molecule has 0 saturated heterocycles. The standard InChI is InChI=1S/C16H22N4/c1-4-20(12-14-7-9-18-10-8-14)16-6-5-15(11-17-3)13(2)19-16/h5-10,17H,4,11-12H2,1-3H3. The molecule has 0 unspecified atom stereocenters. The van der Waals surface area contributed by atoms with E-state index in [2.05, 4.69) is 41.2 Å². The summed E-state index contributed by atoms with van der Waals surface area (Å²) in [5.41, 5.74) is 3.59. The highest BCUT2D eigenvalue weighted by atomic mass is 15.2. The molecule has 0 fully saturated rings. The first-order valence-electron chi connectivity index (χ1n) is 6.99. The van der Waals surface area contributed by atoms with Crippen molar-refractivity contribution in [2.75, 3.05) is 18.5 Å². The maximum Gasteiger partial charge on any atom is 0.129 e. The lowest BCUT2D eigenvalue weighted by atomic mass is 10.2. The Morgan fingerprint density at radius 3 is 2.50 bits per heavy atom. The highest BCUT2D eigenvalue weighted by Crippen LogP contribution is 2.17. The van der Waals surface area contributed by atoms with Gasteiger partial charge >= 0.3 is 0 Å². The largest absolute Gasteiger partial charge is 0.353 e. The molecule has 4 heteroatoms. The molecule has 106 valence electrons. The summed E-state index contributed by atoms with van der Waals surface area (Å²) in [4.78, 5) is 11.1. The molecule has 2 rings (SSSR count). The number of aryl methyl sites for hydroxylation is 1. The summed E-state index contributed by atoms with van der Waals surface area (Å²) in [6.07, 6.45) is 3.66. The van der Waals surface area contributed by atoms with Gasteiger partial charge in [-0.2, -0.15) is 0 Å². The SMILES string of the molecule is CCN(Cc1ccncc1)c1ccc(CNC)c(C)n1. The number of hydrogen-bond acceptors (Lipinski definition) is 4. The molecule has 20 heavy (non-hydrogen) atoms. The van der Waals surface area contributed by atoms with Crippen LogP contribution in [0.1, 0.15) is 23.7 Å². The number of nitrogens with one attached hydrogen (secondary N) is 1. The molecule has 0 saturated carbocycles. The smallest absolute Gasteiger partial charge is 0.129 e. The van der Waals surface area contributed by atoms with Crippen LogP contribution < -0.4 is 10.2 Å². The summed E-state index contributed by atoms with van der Waals surface area (Å²) >= 11 is 0. The number of nitrogens with zero attached hydrogens (tertiary/aromatic N) is 3. The number of aromatic nitrogens is 2. The third-order valence-electron chi connectivity index (χ3n) is 3.38. The Balaban J connectivity index is 2.17. The zero-order valence-electron chi connectivity index (χ0n) is 12.4. The summed E-state index contributed by atoms with van der Waals surface area (Å²) in [6.45, 7) is 6.86. The van der Waals surface area contributed by atoms with Gasteiger partial charge in [-0.25, -0.2) is 4.98 Å². The minimum atomic E-state index is 0.857. The van der Waals surface area contributed by atoms with Crippen LogP contribution in [0.3, 0.4) is 0 Å². The molecule has 0 amide bonds. The highest BCUT2D eigenvalue weighted by Gasteiger charge is 2.08. The van der Waals surface area contributed by atoms with Gasteiger partial charge in [0.2, 0.25) is 0 Å². The van der Waals surface area contributed by atoms with Crippen LogP contribution in [0.5, 0.6) is 0 Å². The Morgan fingerprint density at radius 2 is 1.90 bits per heavy atom. The molecule has 0 spiro atoms. The van der Waals surface area contributed by atoms with Crippen LogP contribution in [0.4, 0.5) is 5.82 Å². The van der Waals surface area contributed by atoms with Crippen LogP contribution in [0.15, 0.2) is 36.7 Å². The van der Waals surface area contributed by atoms with E-state index in [1.165, 1.54) is 11.1 Å². The number of pyridine rings is 2. The molecular formula is C16H22N4. The van der Waals surface area contributed by atoms with Crippen LogP contribution in [-0.2, 0) is 13.1 Å². The first-order valence-corrected chi connectivity index (χ1v) is 6.99. The lowest BCUT2D eigenvalue weighted by Gasteiger charge is -2.23. The van der Waals surface area contributed by atoms with Crippen molar-refractivity contribution in [3.63, 3.8) is 0 Å². The van der Waals surface area contributed by atoms with Crippen molar-refractivity contribution in [1.82, 2.24) is 15.3 Å². The van der Waals surface area contributed by atoms with Crippen LogP contribution in [0.2, 0.25) is 0 Å². The van der Waals surface area contributed by atoms with E-state index in [-0.39, 0.29) is 0 Å². The van der Waals surface area contributed by atoms with Gasteiger partial charge in [-0.15, -0.1) is 0 Å². The molecule has 1 N–H and O–H groups in total. The van der Waals surface area contributed by atoms with E-state index in [1.54, 1.807) is 0 Å². The van der Waals surface area contributed by atoms with Crippen molar-refractivity contribution in [3.05, 3.63) is 53.5 Å². The van der Waals surface area contributed by atoms with Gasteiger partial charge < -0.3 is 10.2 Å². The first kappa shape index (κ1) is 14.5. The van der Waals surface area contributed by atoms with Crippen molar-refractivity contribution >= 4 is 5.82 Å². The minimum Gasteiger partial charge on any atom is -0.353 e. The average molecular weight is 270 g/mol. The summed E-state index contributed by atoms with van der Waals surface area (Å²) in [5.74, 6) is 1.03. The molecule has 0 aliphatic carbocycles. The molecule has 0 aromatic carbocycles. The Morgan fingerprint density at radius 1 is 1.15 bits per heavy atom. The lowest BCUT2D eigenvalue weighted by molar-refractivity contribution is 0.786. The van der Waals surface area contributed by atoms with E-state index in [4.69, 9.17) is 4.98 Å². The summed E-state index contributed by atoms with van der Waals surface area (Å²) in [6, 6.07) is 8.35. The summed E-state index contributed by atoms with van der Waals surface area (Å²) < 4.78 is 0. The fourth-order valence-corrected chi connectivity index (χ4v) is 2.19. The maximum atomic E-state index is 4.73. The van der Waals surface area contributed by atoms with Gasteiger partial charge in [0.1, 0.15) is 5.82 Å². The van der Waals surface area contributed by atoms with E-state index < -0.39 is 0 Å². The highest BCUT2D eigenvalue weighted by molar-refractivity contribution is 5.42. The molecular weight excluding hydrogens is 248 g/mol. The van der Waals surface area contributed by atoms with Gasteiger partial charge in [0.15, 0.2) is 0 Å². The van der Waals surface area contributed by atoms with Gasteiger partial charge in [0.25, 0.3) is 0 Å². The summed E-state index contributed by atoms with van der Waals surface area (Å²) in [7, 11) is 1.95. The molecule has 0 radical (unpaired) electrons. The molecule has 0 atom stereocenters. The van der Waals surface area contributed by atoms with Crippen LogP contribution in [0.25, 0.3) is 0 Å².